The molecule has 0 unspecified atom stereocenters. The lowest BCUT2D eigenvalue weighted by molar-refractivity contribution is -0.123. The summed E-state index contributed by atoms with van der Waals surface area (Å²) in [5.41, 5.74) is 0.223. The lowest BCUT2D eigenvalue weighted by Gasteiger charge is -2.35. The SMILES string of the molecule is C[C@H]1CC(C)(C)CC(=O)[C@H]1Br. The highest BCUT2D eigenvalue weighted by atomic mass is 79.9. The van der Waals surface area contributed by atoms with Crippen LogP contribution in [0, 0.1) is 11.3 Å². The van der Waals surface area contributed by atoms with Gasteiger partial charge in [0.15, 0.2) is 0 Å². The molecule has 1 nitrogen and oxygen atoms in total. The summed E-state index contributed by atoms with van der Waals surface area (Å²) in [5, 5.41) is 0. The highest BCUT2D eigenvalue weighted by Crippen LogP contribution is 2.39. The molecule has 0 aromatic heterocycles. The molecular weight excluding hydrogens is 204 g/mol. The van der Waals surface area contributed by atoms with Gasteiger partial charge in [0.05, 0.1) is 4.83 Å². The first-order valence-electron chi connectivity index (χ1n) is 4.09. The van der Waals surface area contributed by atoms with Gasteiger partial charge in [0.1, 0.15) is 5.78 Å². The molecule has 0 saturated heterocycles. The molecule has 2 heteroatoms. The summed E-state index contributed by atoms with van der Waals surface area (Å²) in [6, 6.07) is 0. The van der Waals surface area contributed by atoms with E-state index in [-0.39, 0.29) is 10.2 Å². The van der Waals surface area contributed by atoms with E-state index in [4.69, 9.17) is 0 Å². The molecule has 1 rings (SSSR count). The second-order valence-corrected chi connectivity index (χ2v) is 5.38. The van der Waals surface area contributed by atoms with E-state index in [9.17, 15) is 4.79 Å². The predicted octanol–water partition coefficient (Wildman–Crippen LogP) is 2.78. The largest absolute Gasteiger partial charge is 0.298 e. The van der Waals surface area contributed by atoms with Crippen molar-refractivity contribution < 1.29 is 4.79 Å². The van der Waals surface area contributed by atoms with E-state index in [0.29, 0.717) is 11.7 Å². The van der Waals surface area contributed by atoms with Crippen LogP contribution in [-0.2, 0) is 4.79 Å². The topological polar surface area (TPSA) is 17.1 Å². The van der Waals surface area contributed by atoms with Gasteiger partial charge in [-0.25, -0.2) is 0 Å². The predicted molar refractivity (Wildman–Crippen MR) is 49.9 cm³/mol. The third kappa shape index (κ3) is 2.05. The lowest BCUT2D eigenvalue weighted by atomic mass is 9.72. The molecule has 64 valence electrons. The van der Waals surface area contributed by atoms with E-state index in [1.54, 1.807) is 0 Å². The van der Waals surface area contributed by atoms with Crippen LogP contribution in [-0.4, -0.2) is 10.6 Å². The van der Waals surface area contributed by atoms with Gasteiger partial charge in [-0.3, -0.25) is 4.79 Å². The second-order valence-electron chi connectivity index (χ2n) is 4.39. The fourth-order valence-corrected chi connectivity index (χ4v) is 2.28. The number of rotatable bonds is 0. The molecule has 0 bridgehead atoms. The van der Waals surface area contributed by atoms with Crippen molar-refractivity contribution in [1.29, 1.82) is 0 Å². The summed E-state index contributed by atoms with van der Waals surface area (Å²) in [5.74, 6) is 0.861. The quantitative estimate of drug-likeness (QED) is 0.572. The lowest BCUT2D eigenvalue weighted by Crippen LogP contribution is -2.36. The van der Waals surface area contributed by atoms with Gasteiger partial charge in [0.25, 0.3) is 0 Å². The Morgan fingerprint density at radius 1 is 1.55 bits per heavy atom. The van der Waals surface area contributed by atoms with Crippen LogP contribution in [0.15, 0.2) is 0 Å². The summed E-state index contributed by atoms with van der Waals surface area (Å²) >= 11 is 3.42. The van der Waals surface area contributed by atoms with Gasteiger partial charge < -0.3 is 0 Å². The van der Waals surface area contributed by atoms with Gasteiger partial charge in [-0.1, -0.05) is 36.7 Å². The first kappa shape index (κ1) is 9.24. The number of carbonyl (C=O) groups excluding carboxylic acids is 1. The van der Waals surface area contributed by atoms with Crippen molar-refractivity contribution in [3.63, 3.8) is 0 Å². The maximum Gasteiger partial charge on any atom is 0.147 e. The first-order chi connectivity index (χ1) is 4.92. The summed E-state index contributed by atoms with van der Waals surface area (Å²) in [6.45, 7) is 6.47. The van der Waals surface area contributed by atoms with Crippen molar-refractivity contribution in [2.24, 2.45) is 11.3 Å². The first-order valence-corrected chi connectivity index (χ1v) is 5.01. The number of hydrogen-bond acceptors (Lipinski definition) is 1. The van der Waals surface area contributed by atoms with E-state index < -0.39 is 0 Å². The third-order valence-corrected chi connectivity index (χ3v) is 3.75. The van der Waals surface area contributed by atoms with Crippen molar-refractivity contribution >= 4 is 21.7 Å². The second kappa shape index (κ2) is 2.89. The fourth-order valence-electron chi connectivity index (χ4n) is 1.93. The van der Waals surface area contributed by atoms with Gasteiger partial charge in [0, 0.05) is 6.42 Å². The summed E-state index contributed by atoms with van der Waals surface area (Å²) in [4.78, 5) is 11.5. The zero-order chi connectivity index (χ0) is 8.65. The monoisotopic (exact) mass is 218 g/mol. The molecule has 1 saturated carbocycles. The Morgan fingerprint density at radius 3 is 2.55 bits per heavy atom. The Labute approximate surface area is 76.7 Å². The average molecular weight is 219 g/mol. The number of hydrogen-bond donors (Lipinski definition) is 0. The van der Waals surface area contributed by atoms with Gasteiger partial charge in [-0.15, -0.1) is 0 Å². The zero-order valence-corrected chi connectivity index (χ0v) is 8.94. The Hall–Kier alpha value is 0.150. The standard InChI is InChI=1S/C9H15BrO/c1-6-4-9(2,3)5-7(11)8(6)10/h6,8H,4-5H2,1-3H3/t6-,8-/m0/s1. The third-order valence-electron chi connectivity index (χ3n) is 2.33. The van der Waals surface area contributed by atoms with Crippen molar-refractivity contribution in [3.8, 4) is 0 Å². The Balaban J connectivity index is 2.70. The highest BCUT2D eigenvalue weighted by molar-refractivity contribution is 9.10. The van der Waals surface area contributed by atoms with Crippen LogP contribution < -0.4 is 0 Å². The van der Waals surface area contributed by atoms with Crippen LogP contribution in [0.1, 0.15) is 33.6 Å². The van der Waals surface area contributed by atoms with Gasteiger partial charge in [0.2, 0.25) is 0 Å². The number of carbonyl (C=O) groups is 1. The number of alkyl halides is 1. The van der Waals surface area contributed by atoms with Crippen molar-refractivity contribution in [3.05, 3.63) is 0 Å². The molecular formula is C9H15BrO. The molecule has 1 aliphatic rings. The maximum atomic E-state index is 11.4. The Morgan fingerprint density at radius 2 is 2.09 bits per heavy atom. The molecule has 0 radical (unpaired) electrons. The minimum absolute atomic E-state index is 0.107. The molecule has 2 atom stereocenters. The van der Waals surface area contributed by atoms with Crippen LogP contribution >= 0.6 is 15.9 Å². The molecule has 0 aromatic carbocycles. The van der Waals surface area contributed by atoms with Crippen molar-refractivity contribution in [1.82, 2.24) is 0 Å². The summed E-state index contributed by atoms with van der Waals surface area (Å²) in [6.07, 6.45) is 1.88. The van der Waals surface area contributed by atoms with Gasteiger partial charge >= 0.3 is 0 Å². The molecule has 1 fully saturated rings. The maximum absolute atomic E-state index is 11.4. The zero-order valence-electron chi connectivity index (χ0n) is 7.36. The molecule has 0 aromatic rings. The molecule has 0 heterocycles. The Kier molecular flexibility index (Phi) is 2.43. The molecule has 1 aliphatic carbocycles. The average Bonchev–Trinajstić information content (AvgIpc) is 1.81. The minimum atomic E-state index is 0.107. The summed E-state index contributed by atoms with van der Waals surface area (Å²) < 4.78 is 0. The van der Waals surface area contributed by atoms with E-state index in [1.165, 1.54) is 0 Å². The van der Waals surface area contributed by atoms with Gasteiger partial charge in [-0.2, -0.15) is 0 Å². The molecule has 0 N–H and O–H groups in total. The smallest absolute Gasteiger partial charge is 0.147 e. The fraction of sp³-hybridized carbons (Fsp3) is 0.889. The van der Waals surface area contributed by atoms with Crippen LogP contribution in [0.25, 0.3) is 0 Å². The van der Waals surface area contributed by atoms with Crippen LogP contribution in [0.5, 0.6) is 0 Å². The van der Waals surface area contributed by atoms with Crippen LogP contribution in [0.4, 0.5) is 0 Å². The molecule has 0 amide bonds. The van der Waals surface area contributed by atoms with E-state index >= 15 is 0 Å². The van der Waals surface area contributed by atoms with E-state index in [1.807, 2.05) is 0 Å². The van der Waals surface area contributed by atoms with Gasteiger partial charge in [-0.05, 0) is 17.8 Å². The highest BCUT2D eigenvalue weighted by Gasteiger charge is 2.36. The number of ketones is 1. The molecule has 11 heavy (non-hydrogen) atoms. The van der Waals surface area contributed by atoms with Crippen molar-refractivity contribution in [2.75, 3.05) is 0 Å². The number of Topliss-reactive ketones (excluding diaryl/α,β-unsaturated/α-hetero) is 1. The Bertz CT molecular complexity index is 174. The number of halogens is 1. The van der Waals surface area contributed by atoms with E-state index in [0.717, 1.165) is 12.8 Å². The van der Waals surface area contributed by atoms with Crippen molar-refractivity contribution in [2.45, 2.75) is 38.4 Å². The normalized spacial score (nSPS) is 37.3. The van der Waals surface area contributed by atoms with Crippen LogP contribution in [0.2, 0.25) is 0 Å². The van der Waals surface area contributed by atoms with Crippen LogP contribution in [0.3, 0.4) is 0 Å². The molecule has 0 spiro atoms. The van der Waals surface area contributed by atoms with E-state index in [2.05, 4.69) is 36.7 Å². The minimum Gasteiger partial charge on any atom is -0.298 e. The summed E-state index contributed by atoms with van der Waals surface area (Å²) in [7, 11) is 0. The molecule has 0 aliphatic heterocycles.